The van der Waals surface area contributed by atoms with Crippen LogP contribution in [0.4, 0.5) is 4.39 Å². The van der Waals surface area contributed by atoms with E-state index in [-0.39, 0.29) is 18.1 Å². The number of allylic oxidation sites excluding steroid dienone is 3. The van der Waals surface area contributed by atoms with Crippen LogP contribution < -0.4 is 0 Å². The first-order valence-corrected chi connectivity index (χ1v) is 9.87. The van der Waals surface area contributed by atoms with Gasteiger partial charge >= 0.3 is 0 Å². The van der Waals surface area contributed by atoms with Crippen LogP contribution in [0.25, 0.3) is 0 Å². The normalized spacial score (nSPS) is 45.3. The molecule has 3 nitrogen and oxygen atoms in total. The molecule has 140 valence electrons. The standard InChI is InChI=1S/C21H26FNO2S/c1-19(8-3-11-24)15(13-26)6-9-21(22)17-5-4-14(7-10-23)20(17,2)12-16(25)18(19)21/h7,11,13,17-18,26H,3-6,8-9,12H2,1-2H3/b14-7-,15-13-/t17?,18?,19?,20-,21-/m1/s1. The van der Waals surface area contributed by atoms with Crippen LogP contribution in [0.15, 0.2) is 22.6 Å². The summed E-state index contributed by atoms with van der Waals surface area (Å²) in [7, 11) is 0. The lowest BCUT2D eigenvalue weighted by Crippen LogP contribution is -2.62. The molecule has 0 heterocycles. The van der Waals surface area contributed by atoms with Crippen molar-refractivity contribution < 1.29 is 14.0 Å². The fraction of sp³-hybridized carbons (Fsp3) is 0.667. The molecule has 26 heavy (non-hydrogen) atoms. The van der Waals surface area contributed by atoms with Gasteiger partial charge in [0.15, 0.2) is 0 Å². The van der Waals surface area contributed by atoms with Gasteiger partial charge in [-0.05, 0) is 37.5 Å². The van der Waals surface area contributed by atoms with E-state index < -0.39 is 22.4 Å². The third kappa shape index (κ3) is 2.52. The highest BCUT2D eigenvalue weighted by atomic mass is 32.1. The molecule has 0 aliphatic heterocycles. The fourth-order valence-electron chi connectivity index (χ4n) is 6.26. The van der Waals surface area contributed by atoms with E-state index in [1.54, 1.807) is 5.41 Å². The number of halogens is 1. The van der Waals surface area contributed by atoms with E-state index in [9.17, 15) is 9.59 Å². The Kier molecular flexibility index (Phi) is 4.94. The lowest BCUT2D eigenvalue weighted by Gasteiger charge is -2.58. The number of hydrogen-bond acceptors (Lipinski definition) is 4. The highest BCUT2D eigenvalue weighted by Crippen LogP contribution is 2.67. The van der Waals surface area contributed by atoms with Crippen molar-refractivity contribution in [2.75, 3.05) is 0 Å². The lowest BCUT2D eigenvalue weighted by atomic mass is 9.46. The predicted molar refractivity (Wildman–Crippen MR) is 101 cm³/mol. The highest BCUT2D eigenvalue weighted by Gasteiger charge is 2.68. The lowest BCUT2D eigenvalue weighted by molar-refractivity contribution is -0.161. The molecule has 0 spiro atoms. The molecular formula is C21H26FNO2S. The van der Waals surface area contributed by atoms with Crippen molar-refractivity contribution in [3.8, 4) is 6.07 Å². The number of alkyl halides is 1. The van der Waals surface area contributed by atoms with Crippen LogP contribution in [-0.4, -0.2) is 17.7 Å². The minimum absolute atomic E-state index is 0.0715. The quantitative estimate of drug-likeness (QED) is 0.440. The van der Waals surface area contributed by atoms with Gasteiger partial charge in [0.2, 0.25) is 0 Å². The third-order valence-electron chi connectivity index (χ3n) is 7.45. The minimum atomic E-state index is -1.59. The van der Waals surface area contributed by atoms with E-state index in [1.165, 1.54) is 6.08 Å². The highest BCUT2D eigenvalue weighted by molar-refractivity contribution is 7.83. The number of hydrogen-bond donors (Lipinski definition) is 1. The molecule has 5 heteroatoms. The van der Waals surface area contributed by atoms with Gasteiger partial charge in [0.1, 0.15) is 17.7 Å². The SMILES string of the molecule is CC1(CCC=O)/C(=C\S)CC[C@]2(F)C1C(=O)C[C@]1(C)/C(=C\C#N)CCC21. The predicted octanol–water partition coefficient (Wildman–Crippen LogP) is 4.74. The van der Waals surface area contributed by atoms with Crippen molar-refractivity contribution in [3.63, 3.8) is 0 Å². The Balaban J connectivity index is 2.10. The first-order valence-electron chi connectivity index (χ1n) is 9.36. The van der Waals surface area contributed by atoms with Crippen LogP contribution in [0.1, 0.15) is 58.8 Å². The molecule has 0 aromatic rings. The summed E-state index contributed by atoms with van der Waals surface area (Å²) in [6, 6.07) is 2.07. The van der Waals surface area contributed by atoms with Crippen LogP contribution in [0.5, 0.6) is 0 Å². The van der Waals surface area contributed by atoms with E-state index >= 15 is 4.39 Å². The second-order valence-electron chi connectivity index (χ2n) is 8.59. The molecule has 0 saturated heterocycles. The minimum Gasteiger partial charge on any atom is -0.303 e. The van der Waals surface area contributed by atoms with Crippen LogP contribution in [0.3, 0.4) is 0 Å². The van der Waals surface area contributed by atoms with Crippen molar-refractivity contribution >= 4 is 24.7 Å². The molecule has 3 saturated carbocycles. The van der Waals surface area contributed by atoms with Gasteiger partial charge < -0.3 is 4.79 Å². The summed E-state index contributed by atoms with van der Waals surface area (Å²) in [6.45, 7) is 3.88. The van der Waals surface area contributed by atoms with Crippen molar-refractivity contribution in [3.05, 3.63) is 22.6 Å². The smallest absolute Gasteiger partial charge is 0.140 e. The molecule has 0 radical (unpaired) electrons. The topological polar surface area (TPSA) is 57.9 Å². The van der Waals surface area contributed by atoms with E-state index in [1.807, 2.05) is 13.8 Å². The summed E-state index contributed by atoms with van der Waals surface area (Å²) < 4.78 is 16.6. The average molecular weight is 376 g/mol. The van der Waals surface area contributed by atoms with Gasteiger partial charge in [-0.25, -0.2) is 4.39 Å². The molecule has 5 atom stereocenters. The summed E-state index contributed by atoms with van der Waals surface area (Å²) in [5, 5.41) is 10.8. The van der Waals surface area contributed by atoms with E-state index in [0.29, 0.717) is 38.5 Å². The Morgan fingerprint density at radius 3 is 2.69 bits per heavy atom. The van der Waals surface area contributed by atoms with Crippen molar-refractivity contribution in [2.45, 2.75) is 64.5 Å². The molecule has 3 aliphatic rings. The molecular weight excluding hydrogens is 349 g/mol. The van der Waals surface area contributed by atoms with Crippen LogP contribution in [-0.2, 0) is 9.59 Å². The molecule has 3 rings (SSSR count). The number of carbonyl (C=O) groups is 2. The van der Waals surface area contributed by atoms with E-state index in [4.69, 9.17) is 5.26 Å². The first kappa shape index (κ1) is 19.4. The zero-order valence-corrected chi connectivity index (χ0v) is 16.3. The summed E-state index contributed by atoms with van der Waals surface area (Å²) in [5.74, 6) is -1.06. The summed E-state index contributed by atoms with van der Waals surface area (Å²) >= 11 is 4.32. The number of ketones is 1. The van der Waals surface area contributed by atoms with Crippen LogP contribution >= 0.6 is 12.6 Å². The largest absolute Gasteiger partial charge is 0.303 e. The average Bonchev–Trinajstić information content (AvgIpc) is 2.90. The van der Waals surface area contributed by atoms with Gasteiger partial charge in [-0.3, -0.25) is 4.79 Å². The molecule has 3 unspecified atom stereocenters. The van der Waals surface area contributed by atoms with Crippen LogP contribution in [0, 0.1) is 34.0 Å². The third-order valence-corrected chi connectivity index (χ3v) is 7.76. The van der Waals surface area contributed by atoms with Crippen LogP contribution in [0.2, 0.25) is 0 Å². The number of thiol groups is 1. The number of fused-ring (bicyclic) bond motifs is 3. The number of nitrogens with zero attached hydrogens (tertiary/aromatic N) is 1. The zero-order valence-electron chi connectivity index (χ0n) is 15.4. The number of rotatable bonds is 3. The van der Waals surface area contributed by atoms with E-state index in [0.717, 1.165) is 17.4 Å². The number of nitriles is 1. The maximum Gasteiger partial charge on any atom is 0.140 e. The zero-order chi connectivity index (χ0) is 19.2. The Labute approximate surface area is 160 Å². The van der Waals surface area contributed by atoms with Crippen molar-refractivity contribution in [2.24, 2.45) is 22.7 Å². The molecule has 0 N–H and O–H groups in total. The van der Waals surface area contributed by atoms with Gasteiger partial charge in [-0.2, -0.15) is 17.9 Å². The fourth-order valence-corrected chi connectivity index (χ4v) is 6.68. The van der Waals surface area contributed by atoms with Gasteiger partial charge in [0.05, 0.1) is 12.0 Å². The molecule has 3 aliphatic carbocycles. The molecule has 0 aromatic heterocycles. The molecule has 3 fully saturated rings. The number of aldehydes is 1. The Morgan fingerprint density at radius 2 is 2.08 bits per heavy atom. The maximum atomic E-state index is 16.6. The molecule has 0 amide bonds. The molecule has 0 aromatic carbocycles. The monoisotopic (exact) mass is 375 g/mol. The van der Waals surface area contributed by atoms with Gasteiger partial charge in [0, 0.05) is 35.7 Å². The summed E-state index contributed by atoms with van der Waals surface area (Å²) in [6.07, 6.45) is 5.64. The second-order valence-corrected chi connectivity index (χ2v) is 8.85. The van der Waals surface area contributed by atoms with Gasteiger partial charge in [0.25, 0.3) is 0 Å². The van der Waals surface area contributed by atoms with E-state index in [2.05, 4.69) is 18.7 Å². The second kappa shape index (κ2) is 6.64. The van der Waals surface area contributed by atoms with Crippen molar-refractivity contribution in [1.29, 1.82) is 5.26 Å². The number of Topliss-reactive ketones (excluding diaryl/α,β-unsaturated/α-hetero) is 1. The van der Waals surface area contributed by atoms with Gasteiger partial charge in [-0.15, -0.1) is 0 Å². The van der Waals surface area contributed by atoms with Crippen molar-refractivity contribution in [1.82, 2.24) is 0 Å². The maximum absolute atomic E-state index is 16.6. The Morgan fingerprint density at radius 1 is 1.35 bits per heavy atom. The molecule has 0 bridgehead atoms. The summed E-state index contributed by atoms with van der Waals surface area (Å²) in [5.41, 5.74) is -0.933. The first-order chi connectivity index (χ1) is 12.3. The Hall–Kier alpha value is -1.41. The summed E-state index contributed by atoms with van der Waals surface area (Å²) in [4.78, 5) is 24.3. The Bertz CT molecular complexity index is 739. The number of carbonyl (C=O) groups excluding carboxylic acids is 2. The van der Waals surface area contributed by atoms with Gasteiger partial charge in [-0.1, -0.05) is 25.0 Å².